The molecule has 0 unspecified atom stereocenters. The molecule has 15 heavy (non-hydrogen) atoms. The molecule has 3 nitrogen and oxygen atoms in total. The average Bonchev–Trinajstić information content (AvgIpc) is 2.60. The molecule has 2 rings (SSSR count). The Morgan fingerprint density at radius 3 is 2.93 bits per heavy atom. The lowest BCUT2D eigenvalue weighted by Gasteiger charge is -2.39. The van der Waals surface area contributed by atoms with E-state index in [0.29, 0.717) is 5.54 Å². The third-order valence-electron chi connectivity index (χ3n) is 3.40. The van der Waals surface area contributed by atoms with Crippen LogP contribution in [0, 0.1) is 0 Å². The number of aromatic nitrogens is 2. The van der Waals surface area contributed by atoms with Crippen molar-refractivity contribution in [2.45, 2.75) is 58.2 Å². The van der Waals surface area contributed by atoms with Crippen molar-refractivity contribution < 1.29 is 0 Å². The lowest BCUT2D eigenvalue weighted by Crippen LogP contribution is -2.47. The largest absolute Gasteiger partial charge is 0.334 e. The molecule has 0 amide bonds. The minimum atomic E-state index is 0.378. The van der Waals surface area contributed by atoms with Gasteiger partial charge in [-0.2, -0.15) is 0 Å². The molecule has 0 radical (unpaired) electrons. The molecule has 0 atom stereocenters. The molecule has 1 heterocycles. The van der Waals surface area contributed by atoms with Crippen LogP contribution in [0.4, 0.5) is 0 Å². The zero-order valence-electron chi connectivity index (χ0n) is 9.79. The molecule has 1 aliphatic carbocycles. The SMILES string of the molecule is CCCn1ccnc1CNC1(C)CCC1. The maximum absolute atomic E-state index is 4.40. The number of nitrogens with zero attached hydrogens (tertiary/aromatic N) is 2. The molecule has 0 spiro atoms. The molecule has 1 aliphatic rings. The Morgan fingerprint density at radius 2 is 2.33 bits per heavy atom. The first-order valence-electron chi connectivity index (χ1n) is 5.98. The molecule has 3 heteroatoms. The van der Waals surface area contributed by atoms with E-state index in [0.717, 1.165) is 13.1 Å². The first-order chi connectivity index (χ1) is 7.23. The summed E-state index contributed by atoms with van der Waals surface area (Å²) < 4.78 is 2.25. The fraction of sp³-hybridized carbons (Fsp3) is 0.750. The topological polar surface area (TPSA) is 29.9 Å². The maximum atomic E-state index is 4.40. The Bertz CT molecular complexity index is 312. The minimum Gasteiger partial charge on any atom is -0.334 e. The van der Waals surface area contributed by atoms with Gasteiger partial charge >= 0.3 is 0 Å². The summed E-state index contributed by atoms with van der Waals surface area (Å²) in [5.74, 6) is 1.17. The van der Waals surface area contributed by atoms with Crippen LogP contribution >= 0.6 is 0 Å². The summed E-state index contributed by atoms with van der Waals surface area (Å²) in [6, 6.07) is 0. The third kappa shape index (κ3) is 2.40. The second-order valence-electron chi connectivity index (χ2n) is 4.80. The Balaban J connectivity index is 1.89. The van der Waals surface area contributed by atoms with Gasteiger partial charge in [0.2, 0.25) is 0 Å². The van der Waals surface area contributed by atoms with E-state index in [9.17, 15) is 0 Å². The maximum Gasteiger partial charge on any atom is 0.122 e. The fourth-order valence-corrected chi connectivity index (χ4v) is 2.13. The molecule has 0 saturated heterocycles. The summed E-state index contributed by atoms with van der Waals surface area (Å²) in [7, 11) is 0. The van der Waals surface area contributed by atoms with Crippen molar-refractivity contribution in [1.82, 2.24) is 14.9 Å². The van der Waals surface area contributed by atoms with Crippen molar-refractivity contribution in [3.05, 3.63) is 18.2 Å². The summed E-state index contributed by atoms with van der Waals surface area (Å²) >= 11 is 0. The minimum absolute atomic E-state index is 0.378. The van der Waals surface area contributed by atoms with Gasteiger partial charge in [-0.05, 0) is 32.6 Å². The Hall–Kier alpha value is -0.830. The molecular formula is C12H21N3. The van der Waals surface area contributed by atoms with Gasteiger partial charge in [-0.1, -0.05) is 6.92 Å². The van der Waals surface area contributed by atoms with Crippen molar-refractivity contribution in [3.63, 3.8) is 0 Å². The standard InChI is InChI=1S/C12H21N3/c1-3-8-15-9-7-13-11(15)10-14-12(2)5-4-6-12/h7,9,14H,3-6,8,10H2,1-2H3. The van der Waals surface area contributed by atoms with E-state index >= 15 is 0 Å². The van der Waals surface area contributed by atoms with Gasteiger partial charge < -0.3 is 9.88 Å². The van der Waals surface area contributed by atoms with Gasteiger partial charge in [-0.15, -0.1) is 0 Å². The molecule has 1 aromatic rings. The fourth-order valence-electron chi connectivity index (χ4n) is 2.13. The zero-order chi connectivity index (χ0) is 10.7. The second kappa shape index (κ2) is 4.35. The summed E-state index contributed by atoms with van der Waals surface area (Å²) in [5, 5.41) is 3.61. The Morgan fingerprint density at radius 1 is 1.53 bits per heavy atom. The second-order valence-corrected chi connectivity index (χ2v) is 4.80. The van der Waals surface area contributed by atoms with Crippen LogP contribution < -0.4 is 5.32 Å². The number of aryl methyl sites for hydroxylation is 1. The van der Waals surface area contributed by atoms with E-state index in [1.54, 1.807) is 0 Å². The van der Waals surface area contributed by atoms with E-state index in [4.69, 9.17) is 0 Å². The highest BCUT2D eigenvalue weighted by molar-refractivity contribution is 4.97. The number of hydrogen-bond acceptors (Lipinski definition) is 2. The molecule has 1 fully saturated rings. The predicted molar refractivity (Wildman–Crippen MR) is 61.6 cm³/mol. The molecule has 0 aromatic carbocycles. The van der Waals surface area contributed by atoms with Gasteiger partial charge in [0, 0.05) is 24.5 Å². The molecule has 1 saturated carbocycles. The Kier molecular flexibility index (Phi) is 3.10. The van der Waals surface area contributed by atoms with Gasteiger partial charge in [-0.25, -0.2) is 4.98 Å². The number of nitrogens with one attached hydrogen (secondary N) is 1. The highest BCUT2D eigenvalue weighted by Crippen LogP contribution is 2.31. The van der Waals surface area contributed by atoms with E-state index in [1.807, 2.05) is 6.20 Å². The van der Waals surface area contributed by atoms with Crippen LogP contribution in [-0.4, -0.2) is 15.1 Å². The first-order valence-corrected chi connectivity index (χ1v) is 5.98. The molecule has 1 N–H and O–H groups in total. The quantitative estimate of drug-likeness (QED) is 0.803. The summed E-state index contributed by atoms with van der Waals surface area (Å²) in [4.78, 5) is 4.40. The number of imidazole rings is 1. The molecule has 1 aromatic heterocycles. The number of hydrogen-bond donors (Lipinski definition) is 1. The monoisotopic (exact) mass is 207 g/mol. The van der Waals surface area contributed by atoms with Gasteiger partial charge in [0.25, 0.3) is 0 Å². The van der Waals surface area contributed by atoms with E-state index in [2.05, 4.69) is 34.9 Å². The lowest BCUT2D eigenvalue weighted by atomic mass is 9.78. The number of rotatable bonds is 5. The van der Waals surface area contributed by atoms with Crippen LogP contribution in [0.25, 0.3) is 0 Å². The third-order valence-corrected chi connectivity index (χ3v) is 3.40. The van der Waals surface area contributed by atoms with Crippen LogP contribution in [0.1, 0.15) is 45.4 Å². The van der Waals surface area contributed by atoms with E-state index in [-0.39, 0.29) is 0 Å². The van der Waals surface area contributed by atoms with Crippen LogP contribution in [0.5, 0.6) is 0 Å². The first kappa shape index (κ1) is 10.7. The molecule has 84 valence electrons. The molecular weight excluding hydrogens is 186 g/mol. The van der Waals surface area contributed by atoms with Crippen LogP contribution in [0.3, 0.4) is 0 Å². The zero-order valence-corrected chi connectivity index (χ0v) is 9.79. The van der Waals surface area contributed by atoms with Crippen molar-refractivity contribution in [3.8, 4) is 0 Å². The predicted octanol–water partition coefficient (Wildman–Crippen LogP) is 2.33. The summed E-state index contributed by atoms with van der Waals surface area (Å²) in [6.45, 7) is 6.49. The highest BCUT2D eigenvalue weighted by Gasteiger charge is 2.30. The molecule has 0 bridgehead atoms. The molecule has 0 aliphatic heterocycles. The normalized spacial score (nSPS) is 18.8. The summed E-state index contributed by atoms with van der Waals surface area (Å²) in [6.07, 6.45) is 9.12. The summed E-state index contributed by atoms with van der Waals surface area (Å²) in [5.41, 5.74) is 0.378. The van der Waals surface area contributed by atoms with Gasteiger partial charge in [0.15, 0.2) is 0 Å². The van der Waals surface area contributed by atoms with Crippen molar-refractivity contribution in [2.24, 2.45) is 0 Å². The van der Waals surface area contributed by atoms with Crippen LogP contribution in [0.15, 0.2) is 12.4 Å². The average molecular weight is 207 g/mol. The van der Waals surface area contributed by atoms with Crippen LogP contribution in [-0.2, 0) is 13.1 Å². The van der Waals surface area contributed by atoms with Gasteiger partial charge in [0.05, 0.1) is 6.54 Å². The van der Waals surface area contributed by atoms with Crippen molar-refractivity contribution in [1.29, 1.82) is 0 Å². The van der Waals surface area contributed by atoms with Gasteiger partial charge in [0.1, 0.15) is 5.82 Å². The highest BCUT2D eigenvalue weighted by atomic mass is 15.1. The van der Waals surface area contributed by atoms with Gasteiger partial charge in [-0.3, -0.25) is 0 Å². The smallest absolute Gasteiger partial charge is 0.122 e. The lowest BCUT2D eigenvalue weighted by molar-refractivity contribution is 0.204. The van der Waals surface area contributed by atoms with E-state index in [1.165, 1.54) is 31.5 Å². The van der Waals surface area contributed by atoms with Crippen molar-refractivity contribution in [2.75, 3.05) is 0 Å². The van der Waals surface area contributed by atoms with Crippen LogP contribution in [0.2, 0.25) is 0 Å². The van der Waals surface area contributed by atoms with Crippen molar-refractivity contribution >= 4 is 0 Å². The Labute approximate surface area is 91.9 Å². The van der Waals surface area contributed by atoms with E-state index < -0.39 is 0 Å².